The van der Waals surface area contributed by atoms with Crippen LogP contribution in [0.5, 0.6) is 0 Å². The van der Waals surface area contributed by atoms with Crippen molar-refractivity contribution in [1.82, 2.24) is 5.32 Å². The van der Waals surface area contributed by atoms with Gasteiger partial charge in [0.15, 0.2) is 0 Å². The van der Waals surface area contributed by atoms with Gasteiger partial charge in [-0.2, -0.15) is 0 Å². The van der Waals surface area contributed by atoms with Crippen molar-refractivity contribution in [3.63, 3.8) is 0 Å². The minimum atomic E-state index is -0.247. The Morgan fingerprint density at radius 2 is 2.27 bits per heavy atom. The summed E-state index contributed by atoms with van der Waals surface area (Å²) in [6.07, 6.45) is 0.712. The zero-order chi connectivity index (χ0) is 11.3. The summed E-state index contributed by atoms with van der Waals surface area (Å²) < 4.78 is 13.7. The fraction of sp³-hybridized carbons (Fsp3) is 0.455. The van der Waals surface area contributed by atoms with E-state index in [0.29, 0.717) is 10.9 Å². The topological polar surface area (TPSA) is 32.3 Å². The fourth-order valence-corrected chi connectivity index (χ4v) is 1.54. The van der Waals surface area contributed by atoms with E-state index in [0.717, 1.165) is 12.1 Å². The Balaban J connectivity index is 2.57. The van der Waals surface area contributed by atoms with Gasteiger partial charge in [-0.25, -0.2) is 4.39 Å². The van der Waals surface area contributed by atoms with E-state index in [1.54, 1.807) is 6.07 Å². The Bertz CT molecular complexity index is 319. The minimum absolute atomic E-state index is 0.0964. The number of aliphatic hydroxyl groups is 1. The molecule has 0 aliphatic carbocycles. The van der Waals surface area contributed by atoms with Crippen LogP contribution in [0.4, 0.5) is 4.39 Å². The maximum atomic E-state index is 13.2. The van der Waals surface area contributed by atoms with Gasteiger partial charge in [0.05, 0.1) is 4.47 Å². The van der Waals surface area contributed by atoms with Crippen LogP contribution < -0.4 is 5.32 Å². The summed E-state index contributed by atoms with van der Waals surface area (Å²) in [5, 5.41) is 11.8. The van der Waals surface area contributed by atoms with Gasteiger partial charge in [-0.3, -0.25) is 0 Å². The third-order valence-corrected chi connectivity index (χ3v) is 2.87. The van der Waals surface area contributed by atoms with Crippen LogP contribution >= 0.6 is 15.9 Å². The third kappa shape index (κ3) is 3.89. The van der Waals surface area contributed by atoms with Crippen LogP contribution in [0.1, 0.15) is 24.9 Å². The maximum absolute atomic E-state index is 13.2. The Labute approximate surface area is 97.6 Å². The molecule has 1 unspecified atom stereocenters. The van der Waals surface area contributed by atoms with Crippen molar-refractivity contribution in [2.45, 2.75) is 19.4 Å². The van der Waals surface area contributed by atoms with Crippen LogP contribution in [0, 0.1) is 5.82 Å². The lowest BCUT2D eigenvalue weighted by Gasteiger charge is -2.14. The number of hydrogen-bond donors (Lipinski definition) is 2. The average molecular weight is 276 g/mol. The normalized spacial score (nSPS) is 12.8. The lowest BCUT2D eigenvalue weighted by Crippen LogP contribution is -2.20. The van der Waals surface area contributed by atoms with Crippen molar-refractivity contribution in [3.05, 3.63) is 34.1 Å². The van der Waals surface area contributed by atoms with Crippen LogP contribution in [-0.2, 0) is 0 Å². The molecule has 0 saturated carbocycles. The summed E-state index contributed by atoms with van der Waals surface area (Å²) in [4.78, 5) is 0. The first-order valence-corrected chi connectivity index (χ1v) is 5.73. The van der Waals surface area contributed by atoms with Gasteiger partial charge in [0.2, 0.25) is 0 Å². The largest absolute Gasteiger partial charge is 0.396 e. The van der Waals surface area contributed by atoms with Gasteiger partial charge in [0.25, 0.3) is 0 Å². The second-order valence-corrected chi connectivity index (χ2v) is 4.28. The predicted molar refractivity (Wildman–Crippen MR) is 62.2 cm³/mol. The van der Waals surface area contributed by atoms with E-state index in [2.05, 4.69) is 21.2 Å². The van der Waals surface area contributed by atoms with Gasteiger partial charge in [-0.1, -0.05) is 6.07 Å². The monoisotopic (exact) mass is 275 g/mol. The lowest BCUT2D eigenvalue weighted by atomic mass is 10.1. The van der Waals surface area contributed by atoms with Crippen LogP contribution in [0.15, 0.2) is 22.7 Å². The molecule has 4 heteroatoms. The minimum Gasteiger partial charge on any atom is -0.396 e. The quantitative estimate of drug-likeness (QED) is 0.810. The van der Waals surface area contributed by atoms with Crippen LogP contribution in [0.3, 0.4) is 0 Å². The molecule has 1 rings (SSSR count). The Morgan fingerprint density at radius 3 is 2.87 bits per heavy atom. The van der Waals surface area contributed by atoms with E-state index in [9.17, 15) is 4.39 Å². The summed E-state index contributed by atoms with van der Waals surface area (Å²) in [7, 11) is 0. The second-order valence-electron chi connectivity index (χ2n) is 3.43. The lowest BCUT2D eigenvalue weighted by molar-refractivity contribution is 0.284. The molecule has 84 valence electrons. The molecular weight excluding hydrogens is 261 g/mol. The molecule has 2 N–H and O–H groups in total. The summed E-state index contributed by atoms with van der Waals surface area (Å²) in [6.45, 7) is 2.88. The maximum Gasteiger partial charge on any atom is 0.137 e. The van der Waals surface area contributed by atoms with Crippen molar-refractivity contribution in [2.75, 3.05) is 13.2 Å². The summed E-state index contributed by atoms with van der Waals surface area (Å²) in [6, 6.07) is 5.19. The van der Waals surface area contributed by atoms with Crippen LogP contribution in [0.2, 0.25) is 0 Å². The highest BCUT2D eigenvalue weighted by atomic mass is 79.9. The number of rotatable bonds is 5. The molecule has 0 spiro atoms. The smallest absolute Gasteiger partial charge is 0.137 e. The van der Waals surface area contributed by atoms with Gasteiger partial charge in [0, 0.05) is 12.6 Å². The third-order valence-electron chi connectivity index (χ3n) is 2.23. The molecule has 0 radical (unpaired) electrons. The number of benzene rings is 1. The van der Waals surface area contributed by atoms with E-state index in [1.165, 1.54) is 6.07 Å². The molecule has 1 atom stereocenters. The highest BCUT2D eigenvalue weighted by molar-refractivity contribution is 9.10. The van der Waals surface area contributed by atoms with Crippen LogP contribution in [-0.4, -0.2) is 18.3 Å². The van der Waals surface area contributed by atoms with Crippen molar-refractivity contribution in [3.8, 4) is 0 Å². The van der Waals surface area contributed by atoms with Gasteiger partial charge >= 0.3 is 0 Å². The van der Waals surface area contributed by atoms with Gasteiger partial charge < -0.3 is 10.4 Å². The first-order valence-electron chi connectivity index (χ1n) is 4.94. The number of halogens is 2. The van der Waals surface area contributed by atoms with E-state index >= 15 is 0 Å². The Hall–Kier alpha value is -0.450. The molecular formula is C11H15BrFNO. The average Bonchev–Trinajstić information content (AvgIpc) is 2.22. The number of aliphatic hydroxyl groups excluding tert-OH is 1. The molecule has 0 saturated heterocycles. The zero-order valence-electron chi connectivity index (χ0n) is 8.63. The summed E-state index contributed by atoms with van der Waals surface area (Å²) in [5.74, 6) is -0.247. The SMILES string of the molecule is CC(NCCCO)c1ccc(Br)c(F)c1. The van der Waals surface area contributed by atoms with E-state index in [4.69, 9.17) is 5.11 Å². The van der Waals surface area contributed by atoms with E-state index in [1.807, 2.05) is 13.0 Å². The molecule has 2 nitrogen and oxygen atoms in total. The number of nitrogens with one attached hydrogen (secondary N) is 1. The highest BCUT2D eigenvalue weighted by Gasteiger charge is 2.06. The highest BCUT2D eigenvalue weighted by Crippen LogP contribution is 2.20. The molecule has 0 aliphatic heterocycles. The fourth-order valence-electron chi connectivity index (χ4n) is 1.30. The molecule has 0 fully saturated rings. The molecule has 1 aromatic rings. The molecule has 0 bridgehead atoms. The summed E-state index contributed by atoms with van der Waals surface area (Å²) >= 11 is 3.11. The van der Waals surface area contributed by atoms with Crippen LogP contribution in [0.25, 0.3) is 0 Å². The number of hydrogen-bond acceptors (Lipinski definition) is 2. The zero-order valence-corrected chi connectivity index (χ0v) is 10.2. The van der Waals surface area contributed by atoms with Gasteiger partial charge in [-0.05, 0) is 53.5 Å². The van der Waals surface area contributed by atoms with Crippen molar-refractivity contribution in [1.29, 1.82) is 0 Å². The van der Waals surface area contributed by atoms with E-state index in [-0.39, 0.29) is 18.5 Å². The van der Waals surface area contributed by atoms with Crippen molar-refractivity contribution >= 4 is 15.9 Å². The first kappa shape index (κ1) is 12.6. The van der Waals surface area contributed by atoms with Gasteiger partial charge in [0.1, 0.15) is 5.82 Å². The molecule has 1 aromatic carbocycles. The Morgan fingerprint density at radius 1 is 1.53 bits per heavy atom. The van der Waals surface area contributed by atoms with Crippen molar-refractivity contribution < 1.29 is 9.50 Å². The Kier molecular flexibility index (Phi) is 5.22. The van der Waals surface area contributed by atoms with E-state index < -0.39 is 0 Å². The summed E-state index contributed by atoms with van der Waals surface area (Å²) in [5.41, 5.74) is 0.911. The molecule has 0 aliphatic rings. The second kappa shape index (κ2) is 6.20. The predicted octanol–water partition coefficient (Wildman–Crippen LogP) is 2.62. The standard InChI is InChI=1S/C11H15BrFNO/c1-8(14-5-2-6-15)9-3-4-10(12)11(13)7-9/h3-4,7-8,14-15H,2,5-6H2,1H3. The molecule has 0 amide bonds. The molecule has 15 heavy (non-hydrogen) atoms. The van der Waals surface area contributed by atoms with Crippen molar-refractivity contribution in [2.24, 2.45) is 0 Å². The van der Waals surface area contributed by atoms with Gasteiger partial charge in [-0.15, -0.1) is 0 Å². The molecule has 0 aromatic heterocycles. The molecule has 0 heterocycles. The first-order chi connectivity index (χ1) is 7.15.